The van der Waals surface area contributed by atoms with Crippen LogP contribution < -0.4 is 5.32 Å². The molecule has 104 valence electrons. The van der Waals surface area contributed by atoms with E-state index in [-0.39, 0.29) is 0 Å². The van der Waals surface area contributed by atoms with Crippen LogP contribution in [0.2, 0.25) is 0 Å². The van der Waals surface area contributed by atoms with Gasteiger partial charge in [-0.15, -0.1) is 0 Å². The average Bonchev–Trinajstić information content (AvgIpc) is 2.46. The van der Waals surface area contributed by atoms with Crippen molar-refractivity contribution in [2.24, 2.45) is 0 Å². The molecule has 3 heteroatoms. The zero-order chi connectivity index (χ0) is 13.1. The van der Waals surface area contributed by atoms with Crippen LogP contribution >= 0.6 is 0 Å². The third-order valence-electron chi connectivity index (χ3n) is 4.66. The highest BCUT2D eigenvalue weighted by Crippen LogP contribution is 2.31. The number of fused-ring (bicyclic) bond motifs is 1. The molecule has 1 saturated carbocycles. The predicted molar refractivity (Wildman–Crippen MR) is 76.0 cm³/mol. The Morgan fingerprint density at radius 2 is 2.11 bits per heavy atom. The lowest BCUT2D eigenvalue weighted by molar-refractivity contribution is 0.00204. The van der Waals surface area contributed by atoms with Gasteiger partial charge in [0, 0.05) is 18.8 Å². The summed E-state index contributed by atoms with van der Waals surface area (Å²) < 4.78 is 0. The van der Waals surface area contributed by atoms with Gasteiger partial charge in [0.1, 0.15) is 0 Å². The van der Waals surface area contributed by atoms with Crippen LogP contribution in [0.5, 0.6) is 0 Å². The maximum atomic E-state index is 10.6. The molecular weight excluding hydrogens is 236 g/mol. The first-order valence-electron chi connectivity index (χ1n) is 7.66. The Bertz CT molecular complexity index is 427. The Hall–Kier alpha value is -0.930. The molecule has 3 nitrogen and oxygen atoms in total. The minimum Gasteiger partial charge on any atom is -0.389 e. The van der Waals surface area contributed by atoms with Crippen molar-refractivity contribution in [1.82, 2.24) is 10.3 Å². The molecule has 1 aromatic heterocycles. The minimum atomic E-state index is -0.482. The molecule has 1 atom stereocenters. The molecule has 0 bridgehead atoms. The van der Waals surface area contributed by atoms with Crippen molar-refractivity contribution in [3.8, 4) is 0 Å². The van der Waals surface area contributed by atoms with Crippen LogP contribution in [0.4, 0.5) is 0 Å². The van der Waals surface area contributed by atoms with E-state index in [0.29, 0.717) is 12.6 Å². The van der Waals surface area contributed by atoms with Gasteiger partial charge in [0.15, 0.2) is 0 Å². The van der Waals surface area contributed by atoms with Gasteiger partial charge in [0.2, 0.25) is 0 Å². The van der Waals surface area contributed by atoms with E-state index in [9.17, 15) is 5.11 Å². The minimum absolute atomic E-state index is 0.330. The van der Waals surface area contributed by atoms with Crippen LogP contribution in [0.1, 0.15) is 62.2 Å². The third-order valence-corrected chi connectivity index (χ3v) is 4.66. The zero-order valence-corrected chi connectivity index (χ0v) is 11.6. The van der Waals surface area contributed by atoms with Gasteiger partial charge in [-0.3, -0.25) is 4.98 Å². The predicted octanol–water partition coefficient (Wildman–Crippen LogP) is 2.74. The van der Waals surface area contributed by atoms with E-state index in [2.05, 4.69) is 16.4 Å². The SMILES string of the molecule is OC1(CNC2CCCc3cccnc32)CCCCC1. The van der Waals surface area contributed by atoms with Gasteiger partial charge in [0.05, 0.1) is 11.3 Å². The van der Waals surface area contributed by atoms with Crippen LogP contribution in [0.25, 0.3) is 0 Å². The first-order valence-corrected chi connectivity index (χ1v) is 7.66. The van der Waals surface area contributed by atoms with E-state index in [1.165, 1.54) is 24.1 Å². The second-order valence-corrected chi connectivity index (χ2v) is 6.16. The maximum absolute atomic E-state index is 10.6. The summed E-state index contributed by atoms with van der Waals surface area (Å²) in [6.07, 6.45) is 10.9. The molecule has 1 fully saturated rings. The molecule has 0 spiro atoms. The Morgan fingerprint density at radius 1 is 1.26 bits per heavy atom. The van der Waals surface area contributed by atoms with Crippen LogP contribution in [-0.2, 0) is 6.42 Å². The lowest BCUT2D eigenvalue weighted by atomic mass is 9.84. The van der Waals surface area contributed by atoms with Gasteiger partial charge in [0.25, 0.3) is 0 Å². The van der Waals surface area contributed by atoms with E-state index in [1.807, 2.05) is 12.3 Å². The van der Waals surface area contributed by atoms with Crippen molar-refractivity contribution < 1.29 is 5.11 Å². The van der Waals surface area contributed by atoms with Crippen molar-refractivity contribution in [2.45, 2.75) is 63.0 Å². The van der Waals surface area contributed by atoms with Crippen LogP contribution in [0.3, 0.4) is 0 Å². The van der Waals surface area contributed by atoms with Crippen molar-refractivity contribution in [1.29, 1.82) is 0 Å². The Labute approximate surface area is 115 Å². The number of nitrogens with zero attached hydrogens (tertiary/aromatic N) is 1. The molecule has 2 aliphatic rings. The molecule has 2 N–H and O–H groups in total. The van der Waals surface area contributed by atoms with E-state index in [4.69, 9.17) is 0 Å². The smallest absolute Gasteiger partial charge is 0.0771 e. The highest BCUT2D eigenvalue weighted by Gasteiger charge is 2.30. The molecule has 1 heterocycles. The molecule has 2 aliphatic carbocycles. The summed E-state index contributed by atoms with van der Waals surface area (Å²) >= 11 is 0. The Morgan fingerprint density at radius 3 is 2.95 bits per heavy atom. The summed E-state index contributed by atoms with van der Waals surface area (Å²) in [5.74, 6) is 0. The second-order valence-electron chi connectivity index (χ2n) is 6.16. The lowest BCUT2D eigenvalue weighted by Crippen LogP contribution is -2.44. The molecule has 0 aliphatic heterocycles. The number of rotatable bonds is 3. The quantitative estimate of drug-likeness (QED) is 0.878. The maximum Gasteiger partial charge on any atom is 0.0771 e. The number of aryl methyl sites for hydroxylation is 1. The van der Waals surface area contributed by atoms with Gasteiger partial charge >= 0.3 is 0 Å². The summed E-state index contributed by atoms with van der Waals surface area (Å²) in [4.78, 5) is 4.54. The Balaban J connectivity index is 1.64. The number of aliphatic hydroxyl groups is 1. The van der Waals surface area contributed by atoms with Crippen molar-refractivity contribution >= 4 is 0 Å². The number of hydrogen-bond acceptors (Lipinski definition) is 3. The van der Waals surface area contributed by atoms with E-state index in [1.54, 1.807) is 0 Å². The number of hydrogen-bond donors (Lipinski definition) is 2. The summed E-state index contributed by atoms with van der Waals surface area (Å²) in [6.45, 7) is 0.716. The number of pyridine rings is 1. The highest BCUT2D eigenvalue weighted by molar-refractivity contribution is 5.25. The number of nitrogens with one attached hydrogen (secondary N) is 1. The molecule has 1 unspecified atom stereocenters. The highest BCUT2D eigenvalue weighted by atomic mass is 16.3. The van der Waals surface area contributed by atoms with E-state index in [0.717, 1.165) is 38.5 Å². The van der Waals surface area contributed by atoms with Crippen molar-refractivity contribution in [3.63, 3.8) is 0 Å². The van der Waals surface area contributed by atoms with Crippen LogP contribution in [0, 0.1) is 0 Å². The lowest BCUT2D eigenvalue weighted by Gasteiger charge is -2.35. The van der Waals surface area contributed by atoms with Crippen LogP contribution in [-0.4, -0.2) is 22.2 Å². The summed E-state index contributed by atoms with van der Waals surface area (Å²) in [5.41, 5.74) is 2.10. The second kappa shape index (κ2) is 5.59. The monoisotopic (exact) mass is 260 g/mol. The summed E-state index contributed by atoms with van der Waals surface area (Å²) in [5, 5.41) is 14.1. The van der Waals surface area contributed by atoms with Crippen LogP contribution in [0.15, 0.2) is 18.3 Å². The topological polar surface area (TPSA) is 45.1 Å². The van der Waals surface area contributed by atoms with Gasteiger partial charge < -0.3 is 10.4 Å². The number of aromatic nitrogens is 1. The summed E-state index contributed by atoms with van der Waals surface area (Å²) in [7, 11) is 0. The van der Waals surface area contributed by atoms with E-state index < -0.39 is 5.60 Å². The fraction of sp³-hybridized carbons (Fsp3) is 0.688. The summed E-state index contributed by atoms with van der Waals surface area (Å²) in [6, 6.07) is 4.54. The van der Waals surface area contributed by atoms with Crippen molar-refractivity contribution in [2.75, 3.05) is 6.54 Å². The fourth-order valence-electron chi connectivity index (χ4n) is 3.51. The molecule has 0 aromatic carbocycles. The first kappa shape index (κ1) is 13.1. The zero-order valence-electron chi connectivity index (χ0n) is 11.6. The molecule has 0 saturated heterocycles. The standard InChI is InChI=1S/C16H24N2O/c19-16(9-2-1-3-10-16)12-18-14-8-4-6-13-7-5-11-17-15(13)14/h5,7,11,14,18-19H,1-4,6,8-10,12H2. The van der Waals surface area contributed by atoms with E-state index >= 15 is 0 Å². The first-order chi connectivity index (χ1) is 9.27. The van der Waals surface area contributed by atoms with Gasteiger partial charge in [-0.2, -0.15) is 0 Å². The molecule has 1 aromatic rings. The van der Waals surface area contributed by atoms with Gasteiger partial charge in [-0.05, 0) is 43.7 Å². The van der Waals surface area contributed by atoms with Gasteiger partial charge in [-0.1, -0.05) is 25.3 Å². The largest absolute Gasteiger partial charge is 0.389 e. The normalized spacial score (nSPS) is 25.8. The fourth-order valence-corrected chi connectivity index (χ4v) is 3.51. The third kappa shape index (κ3) is 2.98. The Kier molecular flexibility index (Phi) is 3.85. The van der Waals surface area contributed by atoms with Crippen molar-refractivity contribution in [3.05, 3.63) is 29.6 Å². The molecule has 19 heavy (non-hydrogen) atoms. The average molecular weight is 260 g/mol. The molecule has 0 amide bonds. The molecule has 3 rings (SSSR count). The van der Waals surface area contributed by atoms with Gasteiger partial charge in [-0.25, -0.2) is 0 Å². The molecular formula is C16H24N2O. The molecule has 0 radical (unpaired) electrons.